The highest BCUT2D eigenvalue weighted by Gasteiger charge is 2.20. The number of phenolic OH excluding ortho intramolecular Hbond substituents is 1. The molecule has 5 heteroatoms. The van der Waals surface area contributed by atoms with Crippen LogP contribution in [0.4, 0.5) is 0 Å². The number of rotatable bonds is 7. The molecule has 31 heavy (non-hydrogen) atoms. The second kappa shape index (κ2) is 9.20. The molecule has 0 saturated carbocycles. The molecule has 0 aliphatic carbocycles. The average Bonchev–Trinajstić information content (AvgIpc) is 2.67. The first-order chi connectivity index (χ1) is 14.5. The Morgan fingerprint density at radius 1 is 0.903 bits per heavy atom. The van der Waals surface area contributed by atoms with Gasteiger partial charge in [-0.1, -0.05) is 43.7 Å². The minimum atomic E-state index is -2.86. The van der Waals surface area contributed by atoms with Gasteiger partial charge < -0.3 is 14.4 Å². The van der Waals surface area contributed by atoms with E-state index in [1.807, 2.05) is 77.1 Å². The maximum Gasteiger partial charge on any atom is 0.249 e. The summed E-state index contributed by atoms with van der Waals surface area (Å²) in [6, 6.07) is 16.9. The lowest BCUT2D eigenvalue weighted by molar-refractivity contribution is 0.452. The zero-order valence-electron chi connectivity index (χ0n) is 19.1. The van der Waals surface area contributed by atoms with Gasteiger partial charge in [0.1, 0.15) is 23.0 Å². The molecular formula is C26H31O4P. The van der Waals surface area contributed by atoms with E-state index in [0.29, 0.717) is 17.7 Å². The zero-order chi connectivity index (χ0) is 22.8. The molecule has 3 aromatic carbocycles. The second-order valence-corrected chi connectivity index (χ2v) is 11.1. The van der Waals surface area contributed by atoms with Gasteiger partial charge in [0.2, 0.25) is 7.37 Å². The Morgan fingerprint density at radius 2 is 1.48 bits per heavy atom. The molecule has 0 aromatic heterocycles. The number of hydrogen-bond acceptors (Lipinski definition) is 4. The largest absolute Gasteiger partial charge is 0.508 e. The van der Waals surface area contributed by atoms with Crippen LogP contribution in [-0.2, 0) is 10.7 Å². The van der Waals surface area contributed by atoms with E-state index >= 15 is 0 Å². The Labute approximate surface area is 185 Å². The molecule has 1 N–H and O–H groups in total. The molecule has 3 aromatic rings. The number of aromatic hydroxyl groups is 1. The van der Waals surface area contributed by atoms with Gasteiger partial charge in [0.05, 0.1) is 6.16 Å². The minimum Gasteiger partial charge on any atom is -0.508 e. The summed E-state index contributed by atoms with van der Waals surface area (Å²) in [6.07, 6.45) is 0.347. The molecule has 3 rings (SSSR count). The standard InChI is InChI=1S/C26H31O4P/c1-17(2)24-15-23(11-12-25(24)27)29-26-19(4)13-21(14-20(26)5)16-31(6,28)30-22-9-7-18(3)8-10-22/h7-15,17,27H,16H2,1-6H3. The van der Waals surface area contributed by atoms with Gasteiger partial charge in [-0.15, -0.1) is 0 Å². The van der Waals surface area contributed by atoms with E-state index in [-0.39, 0.29) is 11.7 Å². The molecule has 0 spiro atoms. The van der Waals surface area contributed by atoms with Crippen molar-refractivity contribution in [3.8, 4) is 23.0 Å². The van der Waals surface area contributed by atoms with Crippen molar-refractivity contribution in [2.45, 2.75) is 46.7 Å². The third kappa shape index (κ3) is 5.92. The molecule has 0 aliphatic rings. The molecule has 1 atom stereocenters. The fourth-order valence-corrected chi connectivity index (χ4v) is 5.13. The molecule has 4 nitrogen and oxygen atoms in total. The van der Waals surface area contributed by atoms with Crippen molar-refractivity contribution in [2.24, 2.45) is 0 Å². The first-order valence-corrected chi connectivity index (χ1v) is 12.7. The lowest BCUT2D eigenvalue weighted by Gasteiger charge is -2.18. The SMILES string of the molecule is Cc1ccc(OP(C)(=O)Cc2cc(C)c(Oc3ccc(O)c(C(C)C)c3)c(C)c2)cc1. The molecule has 0 bridgehead atoms. The summed E-state index contributed by atoms with van der Waals surface area (Å²) < 4.78 is 25.1. The molecule has 0 amide bonds. The Hall–Kier alpha value is -2.71. The summed E-state index contributed by atoms with van der Waals surface area (Å²) in [5.74, 6) is 2.55. The Morgan fingerprint density at radius 3 is 2.06 bits per heavy atom. The highest BCUT2D eigenvalue weighted by molar-refractivity contribution is 7.57. The molecule has 1 unspecified atom stereocenters. The lowest BCUT2D eigenvalue weighted by Crippen LogP contribution is -1.99. The van der Waals surface area contributed by atoms with Crippen LogP contribution < -0.4 is 9.26 Å². The first kappa shape index (κ1) is 23.0. The lowest BCUT2D eigenvalue weighted by atomic mass is 10.0. The van der Waals surface area contributed by atoms with Crippen molar-refractivity contribution < 1.29 is 18.9 Å². The van der Waals surface area contributed by atoms with Crippen LogP contribution in [-0.4, -0.2) is 11.8 Å². The van der Waals surface area contributed by atoms with Crippen LogP contribution in [0.2, 0.25) is 0 Å². The highest BCUT2D eigenvalue weighted by Crippen LogP contribution is 2.47. The van der Waals surface area contributed by atoms with Gasteiger partial charge in [0.15, 0.2) is 0 Å². The van der Waals surface area contributed by atoms with Gasteiger partial charge in [-0.2, -0.15) is 0 Å². The van der Waals surface area contributed by atoms with E-state index in [0.717, 1.165) is 33.6 Å². The topological polar surface area (TPSA) is 55.8 Å². The molecule has 0 heterocycles. The van der Waals surface area contributed by atoms with Gasteiger partial charge in [-0.05, 0) is 73.7 Å². The molecule has 0 saturated heterocycles. The second-order valence-electron chi connectivity index (χ2n) is 8.61. The van der Waals surface area contributed by atoms with Crippen molar-refractivity contribution in [3.63, 3.8) is 0 Å². The van der Waals surface area contributed by atoms with Gasteiger partial charge >= 0.3 is 0 Å². The van der Waals surface area contributed by atoms with E-state index < -0.39 is 7.37 Å². The van der Waals surface area contributed by atoms with Crippen molar-refractivity contribution in [1.29, 1.82) is 0 Å². The molecule has 0 radical (unpaired) electrons. The number of phenols is 1. The highest BCUT2D eigenvalue weighted by atomic mass is 31.2. The van der Waals surface area contributed by atoms with E-state index in [9.17, 15) is 9.67 Å². The monoisotopic (exact) mass is 438 g/mol. The van der Waals surface area contributed by atoms with Crippen LogP contribution in [0, 0.1) is 20.8 Å². The van der Waals surface area contributed by atoms with Crippen LogP contribution in [0.1, 0.15) is 47.6 Å². The van der Waals surface area contributed by atoms with Crippen molar-refractivity contribution in [1.82, 2.24) is 0 Å². The first-order valence-electron chi connectivity index (χ1n) is 10.5. The van der Waals surface area contributed by atoms with Gasteiger partial charge in [0, 0.05) is 12.2 Å². The average molecular weight is 439 g/mol. The van der Waals surface area contributed by atoms with Gasteiger partial charge in [-0.25, -0.2) is 0 Å². The maximum absolute atomic E-state index is 13.1. The van der Waals surface area contributed by atoms with Crippen LogP contribution >= 0.6 is 7.37 Å². The van der Waals surface area contributed by atoms with E-state index in [1.54, 1.807) is 18.8 Å². The van der Waals surface area contributed by atoms with Gasteiger partial charge in [0.25, 0.3) is 0 Å². The quantitative estimate of drug-likeness (QED) is 0.384. The van der Waals surface area contributed by atoms with Crippen LogP contribution in [0.25, 0.3) is 0 Å². The Kier molecular flexibility index (Phi) is 6.81. The summed E-state index contributed by atoms with van der Waals surface area (Å²) in [7, 11) is -2.86. The molecular weight excluding hydrogens is 407 g/mol. The third-order valence-corrected chi connectivity index (χ3v) is 6.69. The Balaban J connectivity index is 1.79. The normalized spacial score (nSPS) is 13.1. The minimum absolute atomic E-state index is 0.195. The number of hydrogen-bond donors (Lipinski definition) is 1. The summed E-state index contributed by atoms with van der Waals surface area (Å²) in [4.78, 5) is 0. The Bertz CT molecular complexity index is 1090. The number of ether oxygens (including phenoxy) is 1. The van der Waals surface area contributed by atoms with E-state index in [4.69, 9.17) is 9.26 Å². The fraction of sp³-hybridized carbons (Fsp3) is 0.308. The smallest absolute Gasteiger partial charge is 0.249 e. The van der Waals surface area contributed by atoms with Crippen molar-refractivity contribution in [2.75, 3.05) is 6.66 Å². The van der Waals surface area contributed by atoms with E-state index in [2.05, 4.69) is 0 Å². The van der Waals surface area contributed by atoms with Crippen LogP contribution in [0.3, 0.4) is 0 Å². The number of aryl methyl sites for hydroxylation is 3. The number of benzene rings is 3. The fourth-order valence-electron chi connectivity index (χ4n) is 3.65. The molecule has 0 aliphatic heterocycles. The maximum atomic E-state index is 13.1. The third-order valence-electron chi connectivity index (χ3n) is 5.15. The van der Waals surface area contributed by atoms with Crippen molar-refractivity contribution >= 4 is 7.37 Å². The molecule has 0 fully saturated rings. The molecule has 164 valence electrons. The summed E-state index contributed by atoms with van der Waals surface area (Å²) in [6.45, 7) is 11.7. The van der Waals surface area contributed by atoms with Crippen LogP contribution in [0.15, 0.2) is 54.6 Å². The van der Waals surface area contributed by atoms with Crippen LogP contribution in [0.5, 0.6) is 23.0 Å². The predicted octanol–water partition coefficient (Wildman–Crippen LogP) is 7.72. The summed E-state index contributed by atoms with van der Waals surface area (Å²) >= 11 is 0. The summed E-state index contributed by atoms with van der Waals surface area (Å²) in [5.41, 5.74) is 4.86. The van der Waals surface area contributed by atoms with Crippen molar-refractivity contribution in [3.05, 3.63) is 82.4 Å². The summed E-state index contributed by atoms with van der Waals surface area (Å²) in [5, 5.41) is 10.1. The van der Waals surface area contributed by atoms with Gasteiger partial charge in [-0.3, -0.25) is 4.57 Å². The predicted molar refractivity (Wildman–Crippen MR) is 127 cm³/mol. The zero-order valence-corrected chi connectivity index (χ0v) is 20.0. The van der Waals surface area contributed by atoms with E-state index in [1.165, 1.54) is 0 Å².